The Labute approximate surface area is 213 Å². The maximum atomic E-state index is 13.4. The molecule has 0 saturated heterocycles. The standard InChI is InChI=1S/C27H36Cl2N2O3/c1-7-18(3)30-26(33)24(8-2)31(16-21-22(28)10-9-11-23(21)29)25(32)17-34-20-14-12-19(13-15-20)27(4,5)6/h9-15,18,24H,7-8,16-17H2,1-6H3,(H,30,33)/t18-,24+/m1/s1. The van der Waals surface area contributed by atoms with Crippen molar-refractivity contribution in [3.8, 4) is 5.75 Å². The molecule has 0 aliphatic rings. The number of benzene rings is 2. The van der Waals surface area contributed by atoms with Crippen LogP contribution in [0.1, 0.15) is 65.5 Å². The largest absolute Gasteiger partial charge is 0.484 e. The minimum atomic E-state index is -0.680. The first-order valence-electron chi connectivity index (χ1n) is 11.7. The highest BCUT2D eigenvalue weighted by Gasteiger charge is 2.30. The van der Waals surface area contributed by atoms with Crippen molar-refractivity contribution in [3.63, 3.8) is 0 Å². The van der Waals surface area contributed by atoms with Crippen LogP contribution in [0.25, 0.3) is 0 Å². The number of carbonyl (C=O) groups is 2. The van der Waals surface area contributed by atoms with Crippen molar-refractivity contribution in [2.45, 2.75) is 78.4 Å². The maximum Gasteiger partial charge on any atom is 0.261 e. The number of ether oxygens (including phenoxy) is 1. The molecule has 0 aromatic heterocycles. The number of carbonyl (C=O) groups excluding carboxylic acids is 2. The summed E-state index contributed by atoms with van der Waals surface area (Å²) in [5.41, 5.74) is 1.80. The molecule has 5 nitrogen and oxygen atoms in total. The highest BCUT2D eigenvalue weighted by molar-refractivity contribution is 6.36. The molecule has 0 spiro atoms. The van der Waals surface area contributed by atoms with Crippen LogP contribution in [0, 0.1) is 0 Å². The van der Waals surface area contributed by atoms with Crippen LogP contribution in [-0.2, 0) is 21.5 Å². The van der Waals surface area contributed by atoms with Crippen LogP contribution in [0.4, 0.5) is 0 Å². The molecule has 0 aliphatic carbocycles. The predicted molar refractivity (Wildman–Crippen MR) is 140 cm³/mol. The van der Waals surface area contributed by atoms with E-state index in [0.717, 1.165) is 6.42 Å². The van der Waals surface area contributed by atoms with Crippen LogP contribution < -0.4 is 10.1 Å². The van der Waals surface area contributed by atoms with Crippen LogP contribution in [0.3, 0.4) is 0 Å². The highest BCUT2D eigenvalue weighted by Crippen LogP contribution is 2.28. The van der Waals surface area contributed by atoms with E-state index in [1.54, 1.807) is 18.2 Å². The molecular formula is C27H36Cl2N2O3. The van der Waals surface area contributed by atoms with E-state index in [2.05, 4.69) is 26.1 Å². The summed E-state index contributed by atoms with van der Waals surface area (Å²) in [5, 5.41) is 3.88. The van der Waals surface area contributed by atoms with Crippen LogP contribution in [0.2, 0.25) is 10.0 Å². The number of hydrogen-bond acceptors (Lipinski definition) is 3. The average molecular weight is 508 g/mol. The molecule has 186 valence electrons. The molecule has 0 fully saturated rings. The van der Waals surface area contributed by atoms with Gasteiger partial charge < -0.3 is 15.0 Å². The number of rotatable bonds is 10. The van der Waals surface area contributed by atoms with Gasteiger partial charge in [0.15, 0.2) is 6.61 Å². The zero-order chi connectivity index (χ0) is 25.5. The Balaban J connectivity index is 2.26. The van der Waals surface area contributed by atoms with Crippen molar-refractivity contribution in [1.82, 2.24) is 10.2 Å². The van der Waals surface area contributed by atoms with Gasteiger partial charge in [0.05, 0.1) is 0 Å². The number of nitrogens with one attached hydrogen (secondary N) is 1. The van der Waals surface area contributed by atoms with Crippen LogP contribution >= 0.6 is 23.2 Å². The van der Waals surface area contributed by atoms with E-state index in [0.29, 0.717) is 27.8 Å². The zero-order valence-corrected chi connectivity index (χ0v) is 22.5. The van der Waals surface area contributed by atoms with Gasteiger partial charge in [-0.15, -0.1) is 0 Å². The third-order valence-corrected chi connectivity index (χ3v) is 6.57. The molecule has 34 heavy (non-hydrogen) atoms. The molecule has 2 rings (SSSR count). The molecule has 0 saturated carbocycles. The second-order valence-corrected chi connectivity index (χ2v) is 10.3. The second kappa shape index (κ2) is 12.5. The van der Waals surface area contributed by atoms with E-state index < -0.39 is 6.04 Å². The SMILES string of the molecule is CC[C@@H](C)NC(=O)[C@H](CC)N(Cc1c(Cl)cccc1Cl)C(=O)COc1ccc(C(C)(C)C)cc1. The second-order valence-electron chi connectivity index (χ2n) is 9.53. The summed E-state index contributed by atoms with van der Waals surface area (Å²) in [6, 6.07) is 12.2. The third kappa shape index (κ3) is 7.64. The fourth-order valence-electron chi connectivity index (χ4n) is 3.49. The first kappa shape index (κ1) is 28.0. The molecule has 0 heterocycles. The maximum absolute atomic E-state index is 13.4. The van der Waals surface area contributed by atoms with Crippen molar-refractivity contribution in [3.05, 3.63) is 63.6 Å². The Kier molecular flexibility index (Phi) is 10.3. The monoisotopic (exact) mass is 506 g/mol. The number of nitrogens with zero attached hydrogens (tertiary/aromatic N) is 1. The fraction of sp³-hybridized carbons (Fsp3) is 0.481. The van der Waals surface area contributed by atoms with Crippen molar-refractivity contribution in [2.75, 3.05) is 6.61 Å². The molecule has 7 heteroatoms. The van der Waals surface area contributed by atoms with E-state index >= 15 is 0 Å². The Morgan fingerprint density at radius 1 is 1.00 bits per heavy atom. The van der Waals surface area contributed by atoms with Gasteiger partial charge in [0, 0.05) is 28.2 Å². The first-order valence-corrected chi connectivity index (χ1v) is 12.5. The Morgan fingerprint density at radius 3 is 2.09 bits per heavy atom. The molecular weight excluding hydrogens is 471 g/mol. The lowest BCUT2D eigenvalue weighted by molar-refractivity contribution is -0.143. The molecule has 0 aliphatic heterocycles. The Morgan fingerprint density at radius 2 is 1.59 bits per heavy atom. The lowest BCUT2D eigenvalue weighted by Crippen LogP contribution is -2.51. The van der Waals surface area contributed by atoms with Gasteiger partial charge in [0.1, 0.15) is 11.8 Å². The summed E-state index contributed by atoms with van der Waals surface area (Å²) in [5.74, 6) is 0.0686. The average Bonchev–Trinajstić information content (AvgIpc) is 2.78. The molecule has 2 aromatic carbocycles. The minimum Gasteiger partial charge on any atom is -0.484 e. The van der Waals surface area contributed by atoms with Gasteiger partial charge in [-0.2, -0.15) is 0 Å². The summed E-state index contributed by atoms with van der Waals surface area (Å²) in [4.78, 5) is 27.9. The van der Waals surface area contributed by atoms with Gasteiger partial charge in [0.2, 0.25) is 5.91 Å². The molecule has 2 aromatic rings. The van der Waals surface area contributed by atoms with Gasteiger partial charge in [-0.1, -0.05) is 76.0 Å². The third-order valence-electron chi connectivity index (χ3n) is 5.86. The summed E-state index contributed by atoms with van der Waals surface area (Å²) in [6.45, 7) is 12.1. The number of hydrogen-bond donors (Lipinski definition) is 1. The predicted octanol–water partition coefficient (Wildman–Crippen LogP) is 6.39. The summed E-state index contributed by atoms with van der Waals surface area (Å²) < 4.78 is 5.80. The smallest absolute Gasteiger partial charge is 0.261 e. The van der Waals surface area contributed by atoms with Crippen LogP contribution in [-0.4, -0.2) is 35.4 Å². The number of halogens is 2. The fourth-order valence-corrected chi connectivity index (χ4v) is 4.01. The summed E-state index contributed by atoms with van der Waals surface area (Å²) in [7, 11) is 0. The van der Waals surface area contributed by atoms with Crippen molar-refractivity contribution >= 4 is 35.0 Å². The quantitative estimate of drug-likeness (QED) is 0.405. The molecule has 0 bridgehead atoms. The zero-order valence-electron chi connectivity index (χ0n) is 21.0. The first-order chi connectivity index (χ1) is 16.0. The van der Waals surface area contributed by atoms with Crippen LogP contribution in [0.5, 0.6) is 5.75 Å². The summed E-state index contributed by atoms with van der Waals surface area (Å²) in [6.07, 6.45) is 1.23. The Bertz CT molecular complexity index is 951. The molecule has 0 unspecified atom stereocenters. The van der Waals surface area contributed by atoms with Crippen molar-refractivity contribution in [2.24, 2.45) is 0 Å². The molecule has 2 amide bonds. The number of amides is 2. The van der Waals surface area contributed by atoms with Gasteiger partial charge in [-0.3, -0.25) is 9.59 Å². The van der Waals surface area contributed by atoms with E-state index in [1.807, 2.05) is 45.0 Å². The van der Waals surface area contributed by atoms with Gasteiger partial charge >= 0.3 is 0 Å². The minimum absolute atomic E-state index is 0.0000147. The van der Waals surface area contributed by atoms with Gasteiger partial charge in [0.25, 0.3) is 5.91 Å². The normalized spacial score (nSPS) is 13.2. The van der Waals surface area contributed by atoms with E-state index in [4.69, 9.17) is 27.9 Å². The van der Waals surface area contributed by atoms with Gasteiger partial charge in [-0.25, -0.2) is 0 Å². The van der Waals surface area contributed by atoms with E-state index in [9.17, 15) is 9.59 Å². The molecule has 1 N–H and O–H groups in total. The summed E-state index contributed by atoms with van der Waals surface area (Å²) >= 11 is 12.8. The van der Waals surface area contributed by atoms with Crippen molar-refractivity contribution in [1.29, 1.82) is 0 Å². The molecule has 0 radical (unpaired) electrons. The lowest BCUT2D eigenvalue weighted by atomic mass is 9.87. The highest BCUT2D eigenvalue weighted by atomic mass is 35.5. The van der Waals surface area contributed by atoms with Crippen LogP contribution in [0.15, 0.2) is 42.5 Å². The van der Waals surface area contributed by atoms with E-state index in [1.165, 1.54) is 10.5 Å². The Hall–Kier alpha value is -2.24. The van der Waals surface area contributed by atoms with E-state index in [-0.39, 0.29) is 36.4 Å². The topological polar surface area (TPSA) is 58.6 Å². The van der Waals surface area contributed by atoms with Gasteiger partial charge in [-0.05, 0) is 55.0 Å². The lowest BCUT2D eigenvalue weighted by Gasteiger charge is -2.32. The molecule has 2 atom stereocenters. The van der Waals surface area contributed by atoms with Crippen molar-refractivity contribution < 1.29 is 14.3 Å².